The Balaban J connectivity index is 0. The summed E-state index contributed by atoms with van der Waals surface area (Å²) in [5, 5.41) is 3.10. The Bertz CT molecular complexity index is 484. The first-order valence-corrected chi connectivity index (χ1v) is 13.1. The lowest BCUT2D eigenvalue weighted by molar-refractivity contribution is -0.121. The minimum Gasteiger partial charge on any atom is -0.494 e. The Morgan fingerprint density at radius 2 is 1.45 bits per heavy atom. The number of carbonyl (C=O) groups is 1. The average molecular weight is 436 g/mol. The summed E-state index contributed by atoms with van der Waals surface area (Å²) in [6.45, 7) is 16.1. The molecular weight excluding hydrogens is 382 g/mol. The molecule has 3 nitrogen and oxygen atoms in total. The van der Waals surface area contributed by atoms with Crippen LogP contribution in [0.1, 0.15) is 118 Å². The van der Waals surface area contributed by atoms with Crippen molar-refractivity contribution in [2.24, 2.45) is 5.92 Å². The third-order valence-corrected chi connectivity index (χ3v) is 5.04. The number of amides is 1. The van der Waals surface area contributed by atoms with Crippen LogP contribution in [0.3, 0.4) is 0 Å². The first-order chi connectivity index (χ1) is 15.1. The molecule has 0 aliphatic carbocycles. The van der Waals surface area contributed by atoms with Gasteiger partial charge in [0.25, 0.3) is 0 Å². The van der Waals surface area contributed by atoms with E-state index >= 15 is 0 Å². The Kier molecular flexibility index (Phi) is 25.3. The lowest BCUT2D eigenvalue weighted by Gasteiger charge is -2.12. The lowest BCUT2D eigenvalue weighted by Crippen LogP contribution is -2.28. The molecule has 0 aliphatic rings. The van der Waals surface area contributed by atoms with Gasteiger partial charge in [-0.25, -0.2) is 0 Å². The highest BCUT2D eigenvalue weighted by Crippen LogP contribution is 2.13. The molecule has 0 saturated heterocycles. The number of rotatable bonds is 16. The summed E-state index contributed by atoms with van der Waals surface area (Å²) in [6, 6.07) is 8.14. The van der Waals surface area contributed by atoms with E-state index in [4.69, 9.17) is 4.74 Å². The molecule has 0 saturated carbocycles. The van der Waals surface area contributed by atoms with Crippen LogP contribution in [0.25, 0.3) is 0 Å². The molecule has 0 aromatic heterocycles. The predicted octanol–water partition coefficient (Wildman–Crippen LogP) is 8.49. The van der Waals surface area contributed by atoms with E-state index in [2.05, 4.69) is 38.2 Å². The van der Waals surface area contributed by atoms with Crippen LogP contribution in [0.2, 0.25) is 0 Å². The van der Waals surface area contributed by atoms with Gasteiger partial charge < -0.3 is 10.1 Å². The number of hydrogen-bond donors (Lipinski definition) is 1. The molecule has 0 heterocycles. The van der Waals surface area contributed by atoms with Crippen LogP contribution < -0.4 is 10.1 Å². The topological polar surface area (TPSA) is 38.3 Å². The van der Waals surface area contributed by atoms with Gasteiger partial charge in [-0.1, -0.05) is 97.8 Å². The van der Waals surface area contributed by atoms with Gasteiger partial charge in [-0.2, -0.15) is 0 Å². The zero-order chi connectivity index (χ0) is 23.7. The smallest absolute Gasteiger partial charge is 0.220 e. The number of ether oxygens (including phenoxy) is 1. The van der Waals surface area contributed by atoms with Gasteiger partial charge in [0.1, 0.15) is 5.75 Å². The number of nitrogens with one attached hydrogen (secondary N) is 1. The minimum atomic E-state index is 0.198. The Morgan fingerprint density at radius 3 is 2.10 bits per heavy atom. The summed E-state index contributed by atoms with van der Waals surface area (Å²) in [5.74, 6) is 1.71. The number of benzene rings is 1. The molecule has 0 bridgehead atoms. The first kappa shape index (κ1) is 31.7. The second-order valence-electron chi connectivity index (χ2n) is 7.94. The minimum absolute atomic E-state index is 0.198. The molecule has 3 heteroatoms. The number of unbranched alkanes of at least 4 members (excludes halogenated alkanes) is 7. The normalized spacial score (nSPS) is 10.8. The third kappa shape index (κ3) is 21.5. The number of hydrogen-bond acceptors (Lipinski definition) is 2. The molecular formula is C28H53NO2. The van der Waals surface area contributed by atoms with Crippen molar-refractivity contribution in [1.29, 1.82) is 0 Å². The van der Waals surface area contributed by atoms with Crippen LogP contribution in [0.4, 0.5) is 0 Å². The summed E-state index contributed by atoms with van der Waals surface area (Å²) in [5.41, 5.74) is 1.25. The van der Waals surface area contributed by atoms with Gasteiger partial charge in [0, 0.05) is 13.0 Å². The SMILES string of the molecule is CC.CC.CCCCCCCCC(C)CNC(=O)CCCCCOc1ccc(C)cc1. The molecule has 0 spiro atoms. The molecule has 182 valence electrons. The molecule has 1 atom stereocenters. The second-order valence-corrected chi connectivity index (χ2v) is 7.94. The van der Waals surface area contributed by atoms with Gasteiger partial charge in [0.15, 0.2) is 0 Å². The summed E-state index contributed by atoms with van der Waals surface area (Å²) in [7, 11) is 0. The molecule has 1 unspecified atom stereocenters. The van der Waals surface area contributed by atoms with Gasteiger partial charge in [-0.15, -0.1) is 0 Å². The number of carbonyl (C=O) groups excluding carboxylic acids is 1. The maximum absolute atomic E-state index is 11.9. The first-order valence-electron chi connectivity index (χ1n) is 13.1. The van der Waals surface area contributed by atoms with Crippen molar-refractivity contribution in [2.75, 3.05) is 13.2 Å². The van der Waals surface area contributed by atoms with Crippen LogP contribution in [-0.2, 0) is 4.79 Å². The van der Waals surface area contributed by atoms with E-state index in [1.807, 2.05) is 39.8 Å². The van der Waals surface area contributed by atoms with Crippen LogP contribution in [0.15, 0.2) is 24.3 Å². The maximum Gasteiger partial charge on any atom is 0.220 e. The van der Waals surface area contributed by atoms with Gasteiger partial charge in [-0.3, -0.25) is 4.79 Å². The highest BCUT2D eigenvalue weighted by atomic mass is 16.5. The van der Waals surface area contributed by atoms with E-state index in [9.17, 15) is 4.79 Å². The molecule has 0 radical (unpaired) electrons. The highest BCUT2D eigenvalue weighted by molar-refractivity contribution is 5.75. The number of aryl methyl sites for hydroxylation is 1. The van der Waals surface area contributed by atoms with Crippen molar-refractivity contribution in [2.45, 2.75) is 119 Å². The Hall–Kier alpha value is -1.51. The van der Waals surface area contributed by atoms with E-state index in [0.717, 1.165) is 38.2 Å². The van der Waals surface area contributed by atoms with E-state index in [0.29, 0.717) is 12.3 Å². The van der Waals surface area contributed by atoms with Crippen LogP contribution in [0, 0.1) is 12.8 Å². The van der Waals surface area contributed by atoms with E-state index in [1.54, 1.807) is 0 Å². The van der Waals surface area contributed by atoms with Crippen molar-refractivity contribution in [3.05, 3.63) is 29.8 Å². The summed E-state index contributed by atoms with van der Waals surface area (Å²) < 4.78 is 5.71. The lowest BCUT2D eigenvalue weighted by atomic mass is 10.0. The largest absolute Gasteiger partial charge is 0.494 e. The second kappa shape index (κ2) is 24.8. The van der Waals surface area contributed by atoms with Gasteiger partial charge >= 0.3 is 0 Å². The van der Waals surface area contributed by atoms with E-state index in [1.165, 1.54) is 50.5 Å². The maximum atomic E-state index is 11.9. The fourth-order valence-electron chi connectivity index (χ4n) is 3.14. The molecule has 0 fully saturated rings. The van der Waals surface area contributed by atoms with Gasteiger partial charge in [0.2, 0.25) is 5.91 Å². The van der Waals surface area contributed by atoms with Crippen LogP contribution in [0.5, 0.6) is 5.75 Å². The van der Waals surface area contributed by atoms with E-state index in [-0.39, 0.29) is 5.91 Å². The van der Waals surface area contributed by atoms with Crippen molar-refractivity contribution >= 4 is 5.91 Å². The zero-order valence-corrected chi connectivity index (χ0v) is 21.9. The molecule has 31 heavy (non-hydrogen) atoms. The van der Waals surface area contributed by atoms with Crippen molar-refractivity contribution < 1.29 is 9.53 Å². The molecule has 1 aromatic carbocycles. The van der Waals surface area contributed by atoms with Gasteiger partial charge in [0.05, 0.1) is 6.61 Å². The van der Waals surface area contributed by atoms with Crippen molar-refractivity contribution in [1.82, 2.24) is 5.32 Å². The van der Waals surface area contributed by atoms with Crippen molar-refractivity contribution in [3.8, 4) is 5.75 Å². The van der Waals surface area contributed by atoms with Gasteiger partial charge in [-0.05, 0) is 50.7 Å². The highest BCUT2D eigenvalue weighted by Gasteiger charge is 2.06. The third-order valence-electron chi connectivity index (χ3n) is 5.04. The fourth-order valence-corrected chi connectivity index (χ4v) is 3.14. The summed E-state index contributed by atoms with van der Waals surface area (Å²) in [6.07, 6.45) is 12.9. The van der Waals surface area contributed by atoms with E-state index < -0.39 is 0 Å². The quantitative estimate of drug-likeness (QED) is 0.264. The average Bonchev–Trinajstić information content (AvgIpc) is 2.81. The molecule has 1 N–H and O–H groups in total. The standard InChI is InChI=1S/C24H41NO2.2C2H6/c1-4-5-6-7-8-10-13-22(3)20-25-24(26)14-11-9-12-19-27-23-17-15-21(2)16-18-23;2*1-2/h15-18,22H,4-14,19-20H2,1-3H3,(H,25,26);2*1-2H3. The molecule has 1 rings (SSSR count). The molecule has 0 aliphatic heterocycles. The molecule has 1 aromatic rings. The van der Waals surface area contributed by atoms with Crippen LogP contribution in [-0.4, -0.2) is 19.1 Å². The summed E-state index contributed by atoms with van der Waals surface area (Å²) in [4.78, 5) is 11.9. The fraction of sp³-hybridized carbons (Fsp3) is 0.750. The molecule has 1 amide bonds. The summed E-state index contributed by atoms with van der Waals surface area (Å²) >= 11 is 0. The predicted molar refractivity (Wildman–Crippen MR) is 138 cm³/mol. The van der Waals surface area contributed by atoms with Crippen LogP contribution >= 0.6 is 0 Å². The Labute approximate surface area is 194 Å². The Morgan fingerprint density at radius 1 is 0.871 bits per heavy atom. The zero-order valence-electron chi connectivity index (χ0n) is 21.9. The monoisotopic (exact) mass is 435 g/mol. The van der Waals surface area contributed by atoms with Crippen molar-refractivity contribution in [3.63, 3.8) is 0 Å².